The van der Waals surface area contributed by atoms with Crippen LogP contribution in [0.1, 0.15) is 47.6 Å². The maximum absolute atomic E-state index is 13.3. The molecule has 1 amide bonds. The third-order valence-corrected chi connectivity index (χ3v) is 4.81. The molecule has 1 unspecified atom stereocenters. The van der Waals surface area contributed by atoms with Crippen LogP contribution in [0.2, 0.25) is 0 Å². The Balaban J connectivity index is 1.69. The zero-order chi connectivity index (χ0) is 18.0. The Labute approximate surface area is 147 Å². The Morgan fingerprint density at radius 2 is 1.80 bits per heavy atom. The molecule has 3 rings (SSSR count). The minimum atomic E-state index is -0.862. The number of hydrogen-bond donors (Lipinski definition) is 0. The van der Waals surface area contributed by atoms with Crippen LogP contribution in [-0.4, -0.2) is 17.4 Å². The quantitative estimate of drug-likeness (QED) is 0.775. The summed E-state index contributed by atoms with van der Waals surface area (Å²) in [5.41, 5.74) is 4.25. The van der Waals surface area contributed by atoms with Crippen LogP contribution < -0.4 is 0 Å². The monoisotopic (exact) mass is 343 g/mol. The number of amides is 1. The highest BCUT2D eigenvalue weighted by atomic mass is 19.2. The highest BCUT2D eigenvalue weighted by Gasteiger charge is 2.29. The number of nitrogens with zero attached hydrogens (tertiary/aromatic N) is 1. The molecule has 0 bridgehead atoms. The highest BCUT2D eigenvalue weighted by molar-refractivity contribution is 5.77. The molecular formula is C21H23F2NO. The minimum absolute atomic E-state index is 0.0754. The fourth-order valence-corrected chi connectivity index (χ4v) is 3.70. The summed E-state index contributed by atoms with van der Waals surface area (Å²) in [5.74, 6) is -1.64. The summed E-state index contributed by atoms with van der Waals surface area (Å²) in [7, 11) is 0. The summed E-state index contributed by atoms with van der Waals surface area (Å²) < 4.78 is 26.3. The molecule has 1 fully saturated rings. The maximum atomic E-state index is 13.3. The van der Waals surface area contributed by atoms with Crippen molar-refractivity contribution < 1.29 is 13.6 Å². The number of hydrogen-bond acceptors (Lipinski definition) is 1. The lowest BCUT2D eigenvalue weighted by Gasteiger charge is -2.26. The van der Waals surface area contributed by atoms with E-state index in [9.17, 15) is 13.6 Å². The van der Waals surface area contributed by atoms with E-state index in [4.69, 9.17) is 0 Å². The van der Waals surface area contributed by atoms with Gasteiger partial charge in [-0.1, -0.05) is 35.4 Å². The number of aryl methyl sites for hydroxylation is 3. The Bertz CT molecular complexity index is 767. The molecule has 0 aliphatic carbocycles. The number of rotatable bonds is 4. The number of carbonyl (C=O) groups is 1. The van der Waals surface area contributed by atoms with Crippen molar-refractivity contribution in [3.63, 3.8) is 0 Å². The van der Waals surface area contributed by atoms with Gasteiger partial charge in [0.1, 0.15) is 0 Å². The zero-order valence-corrected chi connectivity index (χ0v) is 14.7. The Kier molecular flexibility index (Phi) is 5.16. The third kappa shape index (κ3) is 4.06. The number of halogens is 2. The summed E-state index contributed by atoms with van der Waals surface area (Å²) in [5, 5.41) is 0. The Morgan fingerprint density at radius 3 is 2.48 bits per heavy atom. The minimum Gasteiger partial charge on any atom is -0.336 e. The van der Waals surface area contributed by atoms with Gasteiger partial charge in [0.15, 0.2) is 11.6 Å². The lowest BCUT2D eigenvalue weighted by molar-refractivity contribution is -0.132. The van der Waals surface area contributed by atoms with Gasteiger partial charge < -0.3 is 4.90 Å². The molecule has 0 N–H and O–H groups in total. The molecule has 2 aromatic rings. The smallest absolute Gasteiger partial charge is 0.223 e. The second-order valence-corrected chi connectivity index (χ2v) is 6.91. The molecule has 25 heavy (non-hydrogen) atoms. The van der Waals surface area contributed by atoms with Crippen LogP contribution in [0.15, 0.2) is 36.4 Å². The largest absolute Gasteiger partial charge is 0.336 e. The van der Waals surface area contributed by atoms with E-state index < -0.39 is 11.6 Å². The molecule has 0 radical (unpaired) electrons. The Hall–Kier alpha value is -2.23. The number of benzene rings is 2. The molecule has 0 spiro atoms. The second-order valence-electron chi connectivity index (χ2n) is 6.91. The lowest BCUT2D eigenvalue weighted by atomic mass is 9.99. The highest BCUT2D eigenvalue weighted by Crippen LogP contribution is 2.33. The zero-order valence-electron chi connectivity index (χ0n) is 14.7. The third-order valence-electron chi connectivity index (χ3n) is 4.81. The number of likely N-dealkylation sites (tertiary alicyclic amines) is 1. The summed E-state index contributed by atoms with van der Waals surface area (Å²) in [4.78, 5) is 14.6. The molecule has 1 heterocycles. The van der Waals surface area contributed by atoms with Gasteiger partial charge in [-0.15, -0.1) is 0 Å². The molecule has 4 heteroatoms. The average Bonchev–Trinajstić information content (AvgIpc) is 3.04. The van der Waals surface area contributed by atoms with Crippen LogP contribution in [0, 0.1) is 25.5 Å². The van der Waals surface area contributed by atoms with Crippen molar-refractivity contribution in [3.8, 4) is 0 Å². The first-order chi connectivity index (χ1) is 11.9. The van der Waals surface area contributed by atoms with E-state index in [0.717, 1.165) is 25.5 Å². The SMILES string of the molecule is Cc1cc(C)cc(C2CCCN2C(=O)CCc2ccc(F)c(F)c2)c1. The molecule has 1 saturated heterocycles. The topological polar surface area (TPSA) is 20.3 Å². The van der Waals surface area contributed by atoms with E-state index in [0.29, 0.717) is 18.4 Å². The van der Waals surface area contributed by atoms with Gasteiger partial charge in [0.05, 0.1) is 6.04 Å². The first kappa shape index (κ1) is 17.6. The van der Waals surface area contributed by atoms with Gasteiger partial charge in [-0.2, -0.15) is 0 Å². The van der Waals surface area contributed by atoms with Crippen LogP contribution in [0.4, 0.5) is 8.78 Å². The van der Waals surface area contributed by atoms with Crippen molar-refractivity contribution in [1.82, 2.24) is 4.90 Å². The fraction of sp³-hybridized carbons (Fsp3) is 0.381. The van der Waals surface area contributed by atoms with Crippen molar-refractivity contribution in [2.24, 2.45) is 0 Å². The van der Waals surface area contributed by atoms with Crippen LogP contribution in [0.25, 0.3) is 0 Å². The van der Waals surface area contributed by atoms with E-state index in [1.54, 1.807) is 0 Å². The first-order valence-electron chi connectivity index (χ1n) is 8.75. The van der Waals surface area contributed by atoms with Crippen LogP contribution >= 0.6 is 0 Å². The summed E-state index contributed by atoms with van der Waals surface area (Å²) in [6, 6.07) is 10.4. The molecule has 0 saturated carbocycles. The van der Waals surface area contributed by atoms with Crippen molar-refractivity contribution >= 4 is 5.91 Å². The molecule has 1 aliphatic rings. The van der Waals surface area contributed by atoms with Crippen molar-refractivity contribution in [3.05, 3.63) is 70.3 Å². The Morgan fingerprint density at radius 1 is 1.08 bits per heavy atom. The van der Waals surface area contributed by atoms with Gasteiger partial charge >= 0.3 is 0 Å². The van der Waals surface area contributed by atoms with E-state index >= 15 is 0 Å². The van der Waals surface area contributed by atoms with Gasteiger partial charge in [-0.05, 0) is 56.4 Å². The standard InChI is InChI=1S/C21H23F2NO/c1-14-10-15(2)12-17(11-14)20-4-3-9-24(20)21(25)8-6-16-5-7-18(22)19(23)13-16/h5,7,10-13,20H,3-4,6,8-9H2,1-2H3. The molecule has 2 nitrogen and oxygen atoms in total. The fourth-order valence-electron chi connectivity index (χ4n) is 3.70. The molecular weight excluding hydrogens is 320 g/mol. The van der Waals surface area contributed by atoms with Gasteiger partial charge in [-0.25, -0.2) is 8.78 Å². The molecule has 2 aromatic carbocycles. The van der Waals surface area contributed by atoms with Crippen molar-refractivity contribution in [2.75, 3.05) is 6.54 Å². The van der Waals surface area contributed by atoms with Gasteiger partial charge in [0.25, 0.3) is 0 Å². The van der Waals surface area contributed by atoms with Gasteiger partial charge in [-0.3, -0.25) is 4.79 Å². The predicted molar refractivity (Wildman–Crippen MR) is 94.3 cm³/mol. The van der Waals surface area contributed by atoms with Crippen molar-refractivity contribution in [2.45, 2.75) is 45.6 Å². The summed E-state index contributed by atoms with van der Waals surface area (Å²) in [6.07, 6.45) is 2.70. The maximum Gasteiger partial charge on any atom is 0.223 e. The average molecular weight is 343 g/mol. The summed E-state index contributed by atoms with van der Waals surface area (Å²) >= 11 is 0. The van der Waals surface area contributed by atoms with Crippen molar-refractivity contribution in [1.29, 1.82) is 0 Å². The van der Waals surface area contributed by atoms with E-state index in [-0.39, 0.29) is 11.9 Å². The van der Waals surface area contributed by atoms with Gasteiger partial charge in [0, 0.05) is 13.0 Å². The first-order valence-corrected chi connectivity index (χ1v) is 8.75. The number of carbonyl (C=O) groups excluding carboxylic acids is 1. The van der Waals surface area contributed by atoms with Crippen LogP contribution in [0.5, 0.6) is 0 Å². The van der Waals surface area contributed by atoms with E-state index in [2.05, 4.69) is 32.0 Å². The summed E-state index contributed by atoms with van der Waals surface area (Å²) in [6.45, 7) is 4.90. The molecule has 1 aliphatic heterocycles. The second kappa shape index (κ2) is 7.34. The van der Waals surface area contributed by atoms with Crippen LogP contribution in [0.3, 0.4) is 0 Å². The van der Waals surface area contributed by atoms with E-state index in [1.807, 2.05) is 4.90 Å². The predicted octanol–water partition coefficient (Wildman–Crippen LogP) is 4.88. The normalized spacial score (nSPS) is 17.1. The molecule has 132 valence electrons. The lowest BCUT2D eigenvalue weighted by Crippen LogP contribution is -2.30. The van der Waals surface area contributed by atoms with Crippen LogP contribution in [-0.2, 0) is 11.2 Å². The molecule has 1 atom stereocenters. The van der Waals surface area contributed by atoms with Gasteiger partial charge in [0.2, 0.25) is 5.91 Å². The molecule has 0 aromatic heterocycles. The van der Waals surface area contributed by atoms with E-state index in [1.165, 1.54) is 28.8 Å².